The Bertz CT molecular complexity index is 858. The van der Waals surface area contributed by atoms with Crippen molar-refractivity contribution in [2.45, 2.75) is 19.9 Å². The van der Waals surface area contributed by atoms with Crippen molar-refractivity contribution in [3.05, 3.63) is 33.4 Å². The van der Waals surface area contributed by atoms with Gasteiger partial charge in [0.05, 0.1) is 16.8 Å². The summed E-state index contributed by atoms with van der Waals surface area (Å²) in [7, 11) is 1.44. The highest BCUT2D eigenvalue weighted by atomic mass is 19.3. The van der Waals surface area contributed by atoms with E-state index in [4.69, 9.17) is 5.73 Å². The first-order valence-electron chi connectivity index (χ1n) is 6.75. The number of aromatic nitrogens is 4. The molecular weight excluding hydrogens is 344 g/mol. The summed E-state index contributed by atoms with van der Waals surface area (Å²) in [5.41, 5.74) is 3.07. The average molecular weight is 357 g/mol. The lowest BCUT2D eigenvalue weighted by Gasteiger charge is -2.06. The number of nitrogens with zero attached hydrogens (tertiary/aromatic N) is 5. The van der Waals surface area contributed by atoms with Crippen molar-refractivity contribution in [1.82, 2.24) is 19.6 Å². The summed E-state index contributed by atoms with van der Waals surface area (Å²) in [4.78, 5) is 33.3. The van der Waals surface area contributed by atoms with E-state index >= 15 is 0 Å². The number of anilines is 1. The van der Waals surface area contributed by atoms with E-state index in [0.717, 1.165) is 9.36 Å². The highest BCUT2D eigenvalue weighted by molar-refractivity contribution is 6.01. The van der Waals surface area contributed by atoms with E-state index in [9.17, 15) is 28.5 Å². The Morgan fingerprint density at radius 2 is 2.12 bits per heavy atom. The lowest BCUT2D eigenvalue weighted by molar-refractivity contribution is -0.386. The average Bonchev–Trinajstić information content (AvgIpc) is 3.00. The van der Waals surface area contributed by atoms with Crippen molar-refractivity contribution >= 4 is 23.2 Å². The van der Waals surface area contributed by atoms with Crippen molar-refractivity contribution in [3.8, 4) is 0 Å². The minimum atomic E-state index is -3.16. The van der Waals surface area contributed by atoms with Gasteiger partial charge >= 0.3 is 5.69 Å². The summed E-state index contributed by atoms with van der Waals surface area (Å²) >= 11 is 0. The van der Waals surface area contributed by atoms with Crippen molar-refractivity contribution in [3.63, 3.8) is 0 Å². The topological polar surface area (TPSA) is 151 Å². The molecule has 134 valence electrons. The van der Waals surface area contributed by atoms with Gasteiger partial charge in [0.1, 0.15) is 17.9 Å². The minimum Gasteiger partial charge on any atom is -0.364 e. The van der Waals surface area contributed by atoms with Gasteiger partial charge in [-0.2, -0.15) is 10.2 Å². The maximum absolute atomic E-state index is 12.9. The van der Waals surface area contributed by atoms with Crippen LogP contribution in [0, 0.1) is 17.0 Å². The van der Waals surface area contributed by atoms with E-state index in [1.807, 2.05) is 0 Å². The van der Waals surface area contributed by atoms with Crippen molar-refractivity contribution in [2.75, 3.05) is 5.32 Å². The number of aryl methyl sites for hydroxylation is 1. The largest absolute Gasteiger partial charge is 0.364 e. The number of rotatable bonds is 6. The van der Waals surface area contributed by atoms with Gasteiger partial charge in [-0.15, -0.1) is 0 Å². The number of carbonyl (C=O) groups is 2. The standard InChI is InChI=1S/C12H13F2N7O4/c1-5-9(21(24)25)8(11(13)14)18-20(5)4-7(22)17-6-3-16-19(2)10(6)12(15)23/h3,11H,4H2,1-2H3,(H2,15,23)(H,17,22). The molecule has 2 aromatic heterocycles. The molecule has 0 aliphatic carbocycles. The second-order valence-electron chi connectivity index (χ2n) is 4.98. The first-order valence-corrected chi connectivity index (χ1v) is 6.75. The van der Waals surface area contributed by atoms with Crippen LogP contribution in [0.15, 0.2) is 6.20 Å². The lowest BCUT2D eigenvalue weighted by atomic mass is 10.3. The van der Waals surface area contributed by atoms with Gasteiger partial charge in [-0.1, -0.05) is 0 Å². The number of carbonyl (C=O) groups excluding carboxylic acids is 2. The van der Waals surface area contributed by atoms with Crippen LogP contribution in [-0.2, 0) is 18.4 Å². The molecule has 0 saturated carbocycles. The lowest BCUT2D eigenvalue weighted by Crippen LogP contribution is -2.23. The highest BCUT2D eigenvalue weighted by Crippen LogP contribution is 2.30. The molecular formula is C12H13F2N7O4. The van der Waals surface area contributed by atoms with Gasteiger partial charge in [-0.3, -0.25) is 29.1 Å². The Morgan fingerprint density at radius 1 is 1.48 bits per heavy atom. The maximum Gasteiger partial charge on any atom is 0.319 e. The van der Waals surface area contributed by atoms with Crippen molar-refractivity contribution < 1.29 is 23.3 Å². The number of halogens is 2. The third kappa shape index (κ3) is 3.44. The third-order valence-corrected chi connectivity index (χ3v) is 3.33. The van der Waals surface area contributed by atoms with E-state index in [0.29, 0.717) is 0 Å². The molecule has 13 heteroatoms. The molecule has 11 nitrogen and oxygen atoms in total. The van der Waals surface area contributed by atoms with Gasteiger partial charge in [-0.25, -0.2) is 8.78 Å². The number of amides is 2. The number of nitrogens with one attached hydrogen (secondary N) is 1. The third-order valence-electron chi connectivity index (χ3n) is 3.33. The van der Waals surface area contributed by atoms with E-state index in [1.165, 1.54) is 20.2 Å². The van der Waals surface area contributed by atoms with Crippen LogP contribution >= 0.6 is 0 Å². The fraction of sp³-hybridized carbons (Fsp3) is 0.333. The molecule has 0 atom stereocenters. The van der Waals surface area contributed by atoms with Crippen LogP contribution in [-0.4, -0.2) is 36.3 Å². The first kappa shape index (κ1) is 18.0. The molecule has 25 heavy (non-hydrogen) atoms. The summed E-state index contributed by atoms with van der Waals surface area (Å²) in [5.74, 6) is -1.59. The summed E-state index contributed by atoms with van der Waals surface area (Å²) in [6, 6.07) is 0. The Kier molecular flexibility index (Phi) is 4.76. The molecule has 0 saturated heterocycles. The molecule has 0 aromatic carbocycles. The molecule has 0 bridgehead atoms. The molecule has 0 fully saturated rings. The Hall–Kier alpha value is -3.38. The number of hydrogen-bond donors (Lipinski definition) is 2. The van der Waals surface area contributed by atoms with Gasteiger partial charge in [0.25, 0.3) is 12.3 Å². The molecule has 0 radical (unpaired) electrons. The predicted octanol–water partition coefficient (Wildman–Crippen LogP) is 0.508. The van der Waals surface area contributed by atoms with Gasteiger partial charge in [0.15, 0.2) is 0 Å². The van der Waals surface area contributed by atoms with Gasteiger partial charge in [0, 0.05) is 7.05 Å². The zero-order valence-corrected chi connectivity index (χ0v) is 13.1. The fourth-order valence-electron chi connectivity index (χ4n) is 2.23. The Morgan fingerprint density at radius 3 is 2.60 bits per heavy atom. The number of nitrogens with two attached hydrogens (primary N) is 1. The molecule has 2 heterocycles. The van der Waals surface area contributed by atoms with Crippen LogP contribution in [0.3, 0.4) is 0 Å². The van der Waals surface area contributed by atoms with E-state index in [1.54, 1.807) is 0 Å². The van der Waals surface area contributed by atoms with Crippen molar-refractivity contribution in [2.24, 2.45) is 12.8 Å². The quantitative estimate of drug-likeness (QED) is 0.568. The summed E-state index contributed by atoms with van der Waals surface area (Å²) in [6.07, 6.45) is -1.98. The summed E-state index contributed by atoms with van der Waals surface area (Å²) < 4.78 is 27.7. The molecule has 2 aromatic rings. The van der Waals surface area contributed by atoms with Crippen LogP contribution in [0.25, 0.3) is 0 Å². The van der Waals surface area contributed by atoms with E-state index in [-0.39, 0.29) is 17.1 Å². The number of primary amides is 1. The van der Waals surface area contributed by atoms with Crippen molar-refractivity contribution in [1.29, 1.82) is 0 Å². The number of nitro groups is 1. The molecule has 0 unspecified atom stereocenters. The van der Waals surface area contributed by atoms with Gasteiger partial charge in [0.2, 0.25) is 11.6 Å². The summed E-state index contributed by atoms with van der Waals surface area (Å²) in [6.45, 7) is 0.621. The van der Waals surface area contributed by atoms with Crippen LogP contribution in [0.1, 0.15) is 28.3 Å². The number of hydrogen-bond acceptors (Lipinski definition) is 6. The van der Waals surface area contributed by atoms with Crippen LogP contribution < -0.4 is 11.1 Å². The second-order valence-corrected chi connectivity index (χ2v) is 4.98. The second kappa shape index (κ2) is 6.62. The van der Waals surface area contributed by atoms with E-state index < -0.39 is 41.1 Å². The summed E-state index contributed by atoms with van der Waals surface area (Å²) in [5, 5.41) is 20.4. The normalized spacial score (nSPS) is 10.9. The molecule has 0 aliphatic heterocycles. The monoisotopic (exact) mass is 357 g/mol. The predicted molar refractivity (Wildman–Crippen MR) is 78.9 cm³/mol. The van der Waals surface area contributed by atoms with E-state index in [2.05, 4.69) is 15.5 Å². The zero-order valence-electron chi connectivity index (χ0n) is 13.1. The van der Waals surface area contributed by atoms with Crippen LogP contribution in [0.4, 0.5) is 20.2 Å². The van der Waals surface area contributed by atoms with Crippen LogP contribution in [0.5, 0.6) is 0 Å². The first-order chi connectivity index (χ1) is 11.6. The fourth-order valence-corrected chi connectivity index (χ4v) is 2.23. The molecule has 3 N–H and O–H groups in total. The minimum absolute atomic E-state index is 0.0217. The smallest absolute Gasteiger partial charge is 0.319 e. The maximum atomic E-state index is 12.9. The molecule has 2 rings (SSSR count). The highest BCUT2D eigenvalue weighted by Gasteiger charge is 2.31. The number of alkyl halides is 2. The Labute approximate surface area is 138 Å². The molecule has 0 aliphatic rings. The SMILES string of the molecule is Cc1c([N+](=O)[O-])c(C(F)F)nn1CC(=O)Nc1cnn(C)c1C(N)=O. The van der Waals surface area contributed by atoms with Gasteiger partial charge < -0.3 is 11.1 Å². The zero-order chi connectivity index (χ0) is 18.9. The molecule has 0 spiro atoms. The van der Waals surface area contributed by atoms with Crippen LogP contribution in [0.2, 0.25) is 0 Å². The van der Waals surface area contributed by atoms with Gasteiger partial charge in [-0.05, 0) is 6.92 Å². The molecule has 2 amide bonds. The Balaban J connectivity index is 2.26.